The Hall–Kier alpha value is -0.340. The summed E-state index contributed by atoms with van der Waals surface area (Å²) in [6.07, 6.45) is 1.21. The maximum absolute atomic E-state index is 3.67. The molecule has 0 aliphatic heterocycles. The molecular weight excluding hydrogens is 274 g/mol. The van der Waals surface area contributed by atoms with Gasteiger partial charge in [0, 0.05) is 23.0 Å². The van der Waals surface area contributed by atoms with Gasteiger partial charge in [0.25, 0.3) is 0 Å². The average Bonchev–Trinajstić information content (AvgIpc) is 2.30. The average molecular weight is 298 g/mol. The molecule has 0 aliphatic rings. The van der Waals surface area contributed by atoms with E-state index >= 15 is 0 Å². The first-order valence-corrected chi connectivity index (χ1v) is 7.33. The molecule has 1 aromatic carbocycles. The zero-order valence-electron chi connectivity index (χ0n) is 11.3. The summed E-state index contributed by atoms with van der Waals surface area (Å²) in [5, 5.41) is 3.57. The van der Waals surface area contributed by atoms with Crippen molar-refractivity contribution in [1.29, 1.82) is 0 Å². The first-order chi connectivity index (χ1) is 8.06. The summed E-state index contributed by atoms with van der Waals surface area (Å²) < 4.78 is 1.23. The van der Waals surface area contributed by atoms with Gasteiger partial charge in [0.15, 0.2) is 0 Å². The van der Waals surface area contributed by atoms with Gasteiger partial charge in [-0.3, -0.25) is 0 Å². The minimum atomic E-state index is 0.545. The predicted molar refractivity (Wildman–Crippen MR) is 79.5 cm³/mol. The Labute approximate surface area is 114 Å². The van der Waals surface area contributed by atoms with Crippen molar-refractivity contribution in [3.8, 4) is 0 Å². The second-order valence-electron chi connectivity index (χ2n) is 5.08. The van der Waals surface area contributed by atoms with Crippen molar-refractivity contribution in [2.45, 2.75) is 46.1 Å². The van der Waals surface area contributed by atoms with Gasteiger partial charge in [-0.15, -0.1) is 0 Å². The zero-order valence-corrected chi connectivity index (χ0v) is 12.9. The molecule has 0 saturated carbocycles. The van der Waals surface area contributed by atoms with Gasteiger partial charge in [-0.25, -0.2) is 0 Å². The second kappa shape index (κ2) is 7.17. The molecule has 1 N–H and O–H groups in total. The number of halogens is 1. The predicted octanol–water partition coefficient (Wildman–Crippen LogP) is 4.58. The van der Waals surface area contributed by atoms with Crippen LogP contribution < -0.4 is 5.32 Å². The van der Waals surface area contributed by atoms with E-state index in [0.717, 1.165) is 6.54 Å². The standard InChI is InChI=1S/C15H24BrN/c1-5-12(4)14(10-17-11(2)3)13-8-6-7-9-15(13)16/h6-9,11-12,14,17H,5,10H2,1-4H3. The molecule has 2 atom stereocenters. The molecule has 0 aliphatic carbocycles. The number of benzene rings is 1. The minimum absolute atomic E-state index is 0.545. The summed E-state index contributed by atoms with van der Waals surface area (Å²) in [6, 6.07) is 9.13. The third-order valence-corrected chi connectivity index (χ3v) is 4.10. The first kappa shape index (κ1) is 14.7. The van der Waals surface area contributed by atoms with Crippen LogP contribution in [0.2, 0.25) is 0 Å². The highest BCUT2D eigenvalue weighted by Gasteiger charge is 2.19. The fraction of sp³-hybridized carbons (Fsp3) is 0.600. The van der Waals surface area contributed by atoms with Crippen LogP contribution in [0.3, 0.4) is 0 Å². The van der Waals surface area contributed by atoms with Crippen LogP contribution in [0.25, 0.3) is 0 Å². The first-order valence-electron chi connectivity index (χ1n) is 6.54. The molecule has 0 heterocycles. The fourth-order valence-electron chi connectivity index (χ4n) is 2.04. The van der Waals surface area contributed by atoms with Crippen LogP contribution in [0.5, 0.6) is 0 Å². The summed E-state index contributed by atoms with van der Waals surface area (Å²) in [5.41, 5.74) is 1.43. The van der Waals surface area contributed by atoms with Crippen LogP contribution in [-0.2, 0) is 0 Å². The van der Waals surface area contributed by atoms with Gasteiger partial charge in [0.05, 0.1) is 0 Å². The monoisotopic (exact) mass is 297 g/mol. The Balaban J connectivity index is 2.86. The Morgan fingerprint density at radius 1 is 1.18 bits per heavy atom. The van der Waals surface area contributed by atoms with Crippen LogP contribution in [0, 0.1) is 5.92 Å². The molecule has 0 fully saturated rings. The summed E-state index contributed by atoms with van der Waals surface area (Å²) >= 11 is 3.67. The second-order valence-corrected chi connectivity index (χ2v) is 5.93. The Bertz CT molecular complexity index is 335. The highest BCUT2D eigenvalue weighted by atomic mass is 79.9. The number of hydrogen-bond acceptors (Lipinski definition) is 1. The topological polar surface area (TPSA) is 12.0 Å². The Morgan fingerprint density at radius 2 is 1.82 bits per heavy atom. The highest BCUT2D eigenvalue weighted by Crippen LogP contribution is 2.31. The van der Waals surface area contributed by atoms with Crippen molar-refractivity contribution in [1.82, 2.24) is 5.32 Å². The molecule has 1 nitrogen and oxygen atoms in total. The van der Waals surface area contributed by atoms with Crippen LogP contribution in [0.4, 0.5) is 0 Å². The van der Waals surface area contributed by atoms with E-state index in [9.17, 15) is 0 Å². The van der Waals surface area contributed by atoms with Gasteiger partial charge >= 0.3 is 0 Å². The molecule has 0 saturated heterocycles. The highest BCUT2D eigenvalue weighted by molar-refractivity contribution is 9.10. The molecule has 1 rings (SSSR count). The lowest BCUT2D eigenvalue weighted by Gasteiger charge is -2.26. The van der Waals surface area contributed by atoms with Crippen LogP contribution in [0.15, 0.2) is 28.7 Å². The van der Waals surface area contributed by atoms with Gasteiger partial charge in [0.2, 0.25) is 0 Å². The van der Waals surface area contributed by atoms with Gasteiger partial charge in [-0.1, -0.05) is 68.2 Å². The van der Waals surface area contributed by atoms with E-state index in [1.54, 1.807) is 0 Å². The lowest BCUT2D eigenvalue weighted by Crippen LogP contribution is -2.30. The number of nitrogens with one attached hydrogen (secondary N) is 1. The van der Waals surface area contributed by atoms with Crippen LogP contribution in [-0.4, -0.2) is 12.6 Å². The third kappa shape index (κ3) is 4.44. The van der Waals surface area contributed by atoms with Crippen molar-refractivity contribution in [3.63, 3.8) is 0 Å². The number of hydrogen-bond donors (Lipinski definition) is 1. The molecular formula is C15H24BrN. The fourth-order valence-corrected chi connectivity index (χ4v) is 2.62. The summed E-state index contributed by atoms with van der Waals surface area (Å²) in [5.74, 6) is 1.28. The van der Waals surface area contributed by atoms with E-state index in [1.165, 1.54) is 16.5 Å². The molecule has 1 aromatic rings. The van der Waals surface area contributed by atoms with Gasteiger partial charge in [-0.05, 0) is 17.5 Å². The third-order valence-electron chi connectivity index (χ3n) is 3.38. The van der Waals surface area contributed by atoms with Crippen molar-refractivity contribution >= 4 is 15.9 Å². The van der Waals surface area contributed by atoms with Crippen LogP contribution in [0.1, 0.15) is 45.6 Å². The van der Waals surface area contributed by atoms with Gasteiger partial charge in [0.1, 0.15) is 0 Å². The maximum atomic E-state index is 3.67. The van der Waals surface area contributed by atoms with Crippen molar-refractivity contribution in [2.75, 3.05) is 6.54 Å². The van der Waals surface area contributed by atoms with E-state index in [0.29, 0.717) is 17.9 Å². The molecule has 96 valence electrons. The van der Waals surface area contributed by atoms with Gasteiger partial charge in [-0.2, -0.15) is 0 Å². The molecule has 0 spiro atoms. The number of rotatable bonds is 6. The van der Waals surface area contributed by atoms with Crippen molar-refractivity contribution in [3.05, 3.63) is 34.3 Å². The molecule has 2 unspecified atom stereocenters. The molecule has 0 bridgehead atoms. The molecule has 17 heavy (non-hydrogen) atoms. The maximum Gasteiger partial charge on any atom is 0.0210 e. The van der Waals surface area contributed by atoms with Gasteiger partial charge < -0.3 is 5.32 Å². The van der Waals surface area contributed by atoms with Crippen molar-refractivity contribution < 1.29 is 0 Å². The lowest BCUT2D eigenvalue weighted by molar-refractivity contribution is 0.406. The largest absolute Gasteiger partial charge is 0.314 e. The minimum Gasteiger partial charge on any atom is -0.314 e. The van der Waals surface area contributed by atoms with E-state index in [2.05, 4.69) is 73.2 Å². The van der Waals surface area contributed by atoms with E-state index in [-0.39, 0.29) is 0 Å². The lowest BCUT2D eigenvalue weighted by atomic mass is 9.85. The summed E-state index contributed by atoms with van der Waals surface area (Å²) in [4.78, 5) is 0. The summed E-state index contributed by atoms with van der Waals surface area (Å²) in [6.45, 7) is 10.1. The van der Waals surface area contributed by atoms with E-state index in [4.69, 9.17) is 0 Å². The van der Waals surface area contributed by atoms with Crippen LogP contribution >= 0.6 is 15.9 Å². The van der Waals surface area contributed by atoms with E-state index < -0.39 is 0 Å². The quantitative estimate of drug-likeness (QED) is 0.810. The molecule has 0 amide bonds. The van der Waals surface area contributed by atoms with E-state index in [1.807, 2.05) is 0 Å². The summed E-state index contributed by atoms with van der Waals surface area (Å²) in [7, 11) is 0. The Morgan fingerprint density at radius 3 is 2.35 bits per heavy atom. The molecule has 0 aromatic heterocycles. The molecule has 2 heteroatoms. The smallest absolute Gasteiger partial charge is 0.0210 e. The SMILES string of the molecule is CCC(C)C(CNC(C)C)c1ccccc1Br. The molecule has 0 radical (unpaired) electrons. The zero-order chi connectivity index (χ0) is 12.8. The van der Waals surface area contributed by atoms with Crippen molar-refractivity contribution in [2.24, 2.45) is 5.92 Å². The normalized spacial score (nSPS) is 14.9. The Kier molecular flexibility index (Phi) is 6.21.